The van der Waals surface area contributed by atoms with Gasteiger partial charge >= 0.3 is 0 Å². The molecule has 0 atom stereocenters. The van der Waals surface area contributed by atoms with Gasteiger partial charge in [0.2, 0.25) is 0 Å². The molecule has 0 unspecified atom stereocenters. The van der Waals surface area contributed by atoms with Gasteiger partial charge in [0.25, 0.3) is 0 Å². The molecule has 78 valence electrons. The van der Waals surface area contributed by atoms with Crippen molar-refractivity contribution < 1.29 is 9.84 Å². The normalized spacial score (nSPS) is 10.4. The van der Waals surface area contributed by atoms with Crippen molar-refractivity contribution in [3.63, 3.8) is 0 Å². The van der Waals surface area contributed by atoms with Gasteiger partial charge in [0.15, 0.2) is 0 Å². The summed E-state index contributed by atoms with van der Waals surface area (Å²) < 4.78 is 6.68. The first-order valence-corrected chi connectivity index (χ1v) is 7.29. The van der Waals surface area contributed by atoms with Crippen LogP contribution in [0.4, 0.5) is 0 Å². The SMILES string of the molecule is OCc1ccc(OCCC[SiH3])c(I)c1. The number of aliphatic hydroxyl groups excluding tert-OH is 1. The van der Waals surface area contributed by atoms with Crippen LogP contribution in [-0.2, 0) is 6.61 Å². The van der Waals surface area contributed by atoms with Crippen LogP contribution in [0.15, 0.2) is 18.2 Å². The van der Waals surface area contributed by atoms with Crippen molar-refractivity contribution in [3.8, 4) is 5.75 Å². The van der Waals surface area contributed by atoms with Crippen LogP contribution in [0.2, 0.25) is 6.04 Å². The summed E-state index contributed by atoms with van der Waals surface area (Å²) >= 11 is 2.23. The molecule has 1 aromatic rings. The molecule has 2 nitrogen and oxygen atoms in total. The van der Waals surface area contributed by atoms with E-state index in [2.05, 4.69) is 22.6 Å². The highest BCUT2D eigenvalue weighted by Crippen LogP contribution is 2.22. The standard InChI is InChI=1S/C10H15IO2Si/c11-9-6-8(7-12)2-3-10(9)13-4-1-5-14/h2-3,6,12H,1,4-5,7H2,14H3. The lowest BCUT2D eigenvalue weighted by Crippen LogP contribution is -1.99. The minimum absolute atomic E-state index is 0.0941. The van der Waals surface area contributed by atoms with E-state index in [9.17, 15) is 0 Å². The Morgan fingerprint density at radius 1 is 1.43 bits per heavy atom. The lowest BCUT2D eigenvalue weighted by molar-refractivity contribution is 0.281. The van der Waals surface area contributed by atoms with Crippen molar-refractivity contribution in [1.82, 2.24) is 0 Å². The van der Waals surface area contributed by atoms with E-state index in [1.165, 1.54) is 16.3 Å². The molecule has 0 fully saturated rings. The zero-order valence-corrected chi connectivity index (χ0v) is 12.5. The maximum absolute atomic E-state index is 8.93. The Balaban J connectivity index is 2.59. The van der Waals surface area contributed by atoms with Crippen LogP contribution in [0.3, 0.4) is 0 Å². The molecule has 1 N–H and O–H groups in total. The summed E-state index contributed by atoms with van der Waals surface area (Å²) in [4.78, 5) is 0. The predicted octanol–water partition coefficient (Wildman–Crippen LogP) is 1.34. The molecule has 4 heteroatoms. The molecule has 0 heterocycles. The zero-order chi connectivity index (χ0) is 10.4. The van der Waals surface area contributed by atoms with Gasteiger partial charge in [-0.2, -0.15) is 0 Å². The van der Waals surface area contributed by atoms with Gasteiger partial charge in [-0.1, -0.05) is 12.1 Å². The molecule has 0 radical (unpaired) electrons. The first-order valence-electron chi connectivity index (χ1n) is 4.80. The number of ether oxygens (including phenoxy) is 1. The predicted molar refractivity (Wildman–Crippen MR) is 69.9 cm³/mol. The summed E-state index contributed by atoms with van der Waals surface area (Å²) in [5.74, 6) is 0.929. The van der Waals surface area contributed by atoms with Crippen LogP contribution < -0.4 is 4.74 Å². The third-order valence-corrected chi connectivity index (χ3v) is 3.48. The second-order valence-electron chi connectivity index (χ2n) is 3.12. The Hall–Kier alpha value is -0.0731. The number of aliphatic hydroxyl groups is 1. The molecular formula is C10H15IO2Si. The molecule has 1 aromatic carbocycles. The highest BCUT2D eigenvalue weighted by Gasteiger charge is 2.01. The quantitative estimate of drug-likeness (QED) is 0.504. The Morgan fingerprint density at radius 3 is 2.79 bits per heavy atom. The maximum Gasteiger partial charge on any atom is 0.132 e. The average Bonchev–Trinajstić information content (AvgIpc) is 2.20. The molecule has 0 saturated carbocycles. The fourth-order valence-electron chi connectivity index (χ4n) is 1.09. The fraction of sp³-hybridized carbons (Fsp3) is 0.400. The number of halogens is 1. The molecule has 0 saturated heterocycles. The van der Waals surface area contributed by atoms with E-state index < -0.39 is 0 Å². The second kappa shape index (κ2) is 6.42. The van der Waals surface area contributed by atoms with Crippen molar-refractivity contribution in [2.24, 2.45) is 0 Å². The van der Waals surface area contributed by atoms with Gasteiger partial charge in [-0.05, 0) is 46.7 Å². The summed E-state index contributed by atoms with van der Waals surface area (Å²) in [6.45, 7) is 0.898. The van der Waals surface area contributed by atoms with E-state index in [4.69, 9.17) is 9.84 Å². The second-order valence-corrected chi connectivity index (χ2v) is 5.29. The highest BCUT2D eigenvalue weighted by molar-refractivity contribution is 14.1. The van der Waals surface area contributed by atoms with Gasteiger partial charge in [-0.15, -0.1) is 0 Å². The molecule has 0 bridgehead atoms. The summed E-state index contributed by atoms with van der Waals surface area (Å²) in [6, 6.07) is 7.07. The van der Waals surface area contributed by atoms with Crippen molar-refractivity contribution >= 4 is 32.8 Å². The van der Waals surface area contributed by atoms with Crippen LogP contribution in [0.25, 0.3) is 0 Å². The molecule has 0 aliphatic rings. The van der Waals surface area contributed by atoms with Gasteiger partial charge in [0.1, 0.15) is 5.75 Å². The van der Waals surface area contributed by atoms with Crippen molar-refractivity contribution in [1.29, 1.82) is 0 Å². The molecular weight excluding hydrogens is 307 g/mol. The Kier molecular flexibility index (Phi) is 5.50. The first-order chi connectivity index (χ1) is 6.77. The van der Waals surface area contributed by atoms with Gasteiger partial charge in [-0.25, -0.2) is 0 Å². The van der Waals surface area contributed by atoms with Gasteiger partial charge in [-0.3, -0.25) is 0 Å². The number of hydrogen-bond acceptors (Lipinski definition) is 2. The molecule has 0 aliphatic heterocycles. The fourth-order valence-corrected chi connectivity index (χ4v) is 2.11. The summed E-state index contributed by atoms with van der Waals surface area (Å²) in [6.07, 6.45) is 1.14. The topological polar surface area (TPSA) is 29.5 Å². The molecule has 0 spiro atoms. The molecule has 0 amide bonds. The number of hydrogen-bond donors (Lipinski definition) is 1. The average molecular weight is 322 g/mol. The number of benzene rings is 1. The van der Waals surface area contributed by atoms with E-state index in [-0.39, 0.29) is 6.61 Å². The largest absolute Gasteiger partial charge is 0.492 e. The van der Waals surface area contributed by atoms with Crippen LogP contribution in [0.1, 0.15) is 12.0 Å². The zero-order valence-electron chi connectivity index (χ0n) is 8.29. The minimum atomic E-state index is 0.0941. The van der Waals surface area contributed by atoms with Crippen LogP contribution in [-0.4, -0.2) is 22.0 Å². The van der Waals surface area contributed by atoms with Gasteiger partial charge in [0.05, 0.1) is 16.8 Å². The molecule has 0 aromatic heterocycles. The highest BCUT2D eigenvalue weighted by atomic mass is 127. The van der Waals surface area contributed by atoms with E-state index >= 15 is 0 Å². The van der Waals surface area contributed by atoms with E-state index in [1.54, 1.807) is 0 Å². The van der Waals surface area contributed by atoms with Crippen LogP contribution in [0, 0.1) is 3.57 Å². The summed E-state index contributed by atoms with van der Waals surface area (Å²) in [5.41, 5.74) is 0.935. The summed E-state index contributed by atoms with van der Waals surface area (Å²) in [5, 5.41) is 8.93. The smallest absolute Gasteiger partial charge is 0.132 e. The third kappa shape index (κ3) is 3.59. The van der Waals surface area contributed by atoms with E-state index in [0.29, 0.717) is 0 Å². The molecule has 0 aliphatic carbocycles. The Morgan fingerprint density at radius 2 is 2.21 bits per heavy atom. The monoisotopic (exact) mass is 322 g/mol. The van der Waals surface area contributed by atoms with Crippen molar-refractivity contribution in [2.75, 3.05) is 6.61 Å². The Labute approximate surface area is 101 Å². The summed E-state index contributed by atoms with van der Waals surface area (Å²) in [7, 11) is 1.25. The van der Waals surface area contributed by atoms with Crippen LogP contribution >= 0.6 is 22.6 Å². The third-order valence-electron chi connectivity index (χ3n) is 1.93. The van der Waals surface area contributed by atoms with E-state index in [1.807, 2.05) is 18.2 Å². The van der Waals surface area contributed by atoms with Gasteiger partial charge < -0.3 is 9.84 Å². The van der Waals surface area contributed by atoms with Crippen molar-refractivity contribution in [2.45, 2.75) is 19.1 Å². The van der Waals surface area contributed by atoms with Crippen LogP contribution in [0.5, 0.6) is 5.75 Å². The Bertz CT molecular complexity index is 291. The minimum Gasteiger partial charge on any atom is -0.492 e. The van der Waals surface area contributed by atoms with Gasteiger partial charge in [0, 0.05) is 10.2 Å². The maximum atomic E-state index is 8.93. The number of rotatable bonds is 5. The lowest BCUT2D eigenvalue weighted by Gasteiger charge is -2.08. The van der Waals surface area contributed by atoms with Crippen molar-refractivity contribution in [3.05, 3.63) is 27.3 Å². The molecule has 14 heavy (non-hydrogen) atoms. The van der Waals surface area contributed by atoms with E-state index in [0.717, 1.165) is 27.9 Å². The molecule has 1 rings (SSSR count). The lowest BCUT2D eigenvalue weighted by atomic mass is 10.2. The first kappa shape index (κ1) is 12.0.